The van der Waals surface area contributed by atoms with Gasteiger partial charge in [0.1, 0.15) is 0 Å². The summed E-state index contributed by atoms with van der Waals surface area (Å²) in [6, 6.07) is 0. The van der Waals surface area contributed by atoms with Gasteiger partial charge in [0.25, 0.3) is 0 Å². The zero-order valence-corrected chi connectivity index (χ0v) is 11.0. The number of rotatable bonds is 1. The van der Waals surface area contributed by atoms with Gasteiger partial charge in [-0.1, -0.05) is 20.8 Å². The van der Waals surface area contributed by atoms with E-state index in [2.05, 4.69) is 20.8 Å². The summed E-state index contributed by atoms with van der Waals surface area (Å²) in [5.41, 5.74) is 1.04. The zero-order valence-electron chi connectivity index (χ0n) is 11.0. The molecule has 0 spiro atoms. The Balaban J connectivity index is 1.90. The average Bonchev–Trinajstić information content (AvgIpc) is 2.73. The Kier molecular flexibility index (Phi) is 2.25. The SMILES string of the molecule is CC1(C)C[C@H]2C[C@@H]3CCC(CO)[C@]3(C)[C@H]2C1. The third kappa shape index (κ3) is 1.27. The van der Waals surface area contributed by atoms with Gasteiger partial charge in [0.2, 0.25) is 0 Å². The van der Waals surface area contributed by atoms with E-state index in [4.69, 9.17) is 0 Å². The van der Waals surface area contributed by atoms with E-state index in [1.807, 2.05) is 0 Å². The molecular formula is C15H26O. The molecule has 1 nitrogen and oxygen atoms in total. The van der Waals surface area contributed by atoms with E-state index in [-0.39, 0.29) is 0 Å². The molecule has 0 amide bonds. The molecule has 1 N–H and O–H groups in total. The third-order valence-corrected chi connectivity index (χ3v) is 6.39. The van der Waals surface area contributed by atoms with Crippen molar-refractivity contribution in [3.63, 3.8) is 0 Å². The molecule has 3 fully saturated rings. The fourth-order valence-corrected chi connectivity index (χ4v) is 5.66. The second-order valence-electron chi connectivity index (χ2n) is 7.69. The molecule has 3 aliphatic rings. The van der Waals surface area contributed by atoms with Crippen LogP contribution in [0, 0.1) is 34.5 Å². The molecule has 0 aromatic carbocycles. The first-order valence-corrected chi connectivity index (χ1v) is 7.08. The first-order chi connectivity index (χ1) is 7.47. The smallest absolute Gasteiger partial charge is 0.0464 e. The summed E-state index contributed by atoms with van der Waals surface area (Å²) >= 11 is 0. The molecule has 3 aliphatic carbocycles. The summed E-state index contributed by atoms with van der Waals surface area (Å²) in [7, 11) is 0. The van der Waals surface area contributed by atoms with Gasteiger partial charge in [-0.05, 0) is 66.6 Å². The van der Waals surface area contributed by atoms with Crippen LogP contribution in [0.1, 0.15) is 52.9 Å². The van der Waals surface area contributed by atoms with Crippen molar-refractivity contribution >= 4 is 0 Å². The Morgan fingerprint density at radius 3 is 2.56 bits per heavy atom. The van der Waals surface area contributed by atoms with Gasteiger partial charge < -0.3 is 5.11 Å². The van der Waals surface area contributed by atoms with Gasteiger partial charge in [0.05, 0.1) is 0 Å². The van der Waals surface area contributed by atoms with Crippen LogP contribution in [0.3, 0.4) is 0 Å². The van der Waals surface area contributed by atoms with Crippen molar-refractivity contribution in [2.45, 2.75) is 52.9 Å². The van der Waals surface area contributed by atoms with E-state index in [9.17, 15) is 5.11 Å². The second kappa shape index (κ2) is 3.25. The normalized spacial score (nSPS) is 54.0. The number of hydrogen-bond donors (Lipinski definition) is 1. The van der Waals surface area contributed by atoms with Crippen molar-refractivity contribution in [2.75, 3.05) is 6.61 Å². The number of fused-ring (bicyclic) bond motifs is 3. The van der Waals surface area contributed by atoms with Gasteiger partial charge in [-0.25, -0.2) is 0 Å². The average molecular weight is 222 g/mol. The molecule has 0 aromatic heterocycles. The molecule has 0 radical (unpaired) electrons. The van der Waals surface area contributed by atoms with Crippen LogP contribution in [-0.4, -0.2) is 11.7 Å². The highest BCUT2D eigenvalue weighted by Crippen LogP contribution is 2.68. The minimum absolute atomic E-state index is 0.427. The Morgan fingerprint density at radius 1 is 1.12 bits per heavy atom. The van der Waals surface area contributed by atoms with E-state index in [0.717, 1.165) is 17.8 Å². The Morgan fingerprint density at radius 2 is 1.88 bits per heavy atom. The Hall–Kier alpha value is -0.0400. The van der Waals surface area contributed by atoms with Gasteiger partial charge in [0.15, 0.2) is 0 Å². The van der Waals surface area contributed by atoms with Crippen LogP contribution < -0.4 is 0 Å². The van der Waals surface area contributed by atoms with E-state index in [1.165, 1.54) is 32.1 Å². The highest BCUT2D eigenvalue weighted by molar-refractivity contribution is 5.10. The van der Waals surface area contributed by atoms with Crippen LogP contribution in [0.2, 0.25) is 0 Å². The maximum atomic E-state index is 9.63. The van der Waals surface area contributed by atoms with Crippen molar-refractivity contribution in [1.29, 1.82) is 0 Å². The first-order valence-electron chi connectivity index (χ1n) is 7.08. The lowest BCUT2D eigenvalue weighted by Crippen LogP contribution is -2.34. The maximum Gasteiger partial charge on any atom is 0.0464 e. The highest BCUT2D eigenvalue weighted by Gasteiger charge is 2.61. The first kappa shape index (κ1) is 11.1. The van der Waals surface area contributed by atoms with Crippen LogP contribution >= 0.6 is 0 Å². The molecule has 5 atom stereocenters. The summed E-state index contributed by atoms with van der Waals surface area (Å²) < 4.78 is 0. The summed E-state index contributed by atoms with van der Waals surface area (Å²) in [6.45, 7) is 7.80. The van der Waals surface area contributed by atoms with Crippen molar-refractivity contribution in [3.8, 4) is 0 Å². The fourth-order valence-electron chi connectivity index (χ4n) is 5.66. The number of aliphatic hydroxyl groups is 1. The van der Waals surface area contributed by atoms with Crippen LogP contribution in [0.15, 0.2) is 0 Å². The van der Waals surface area contributed by atoms with E-state index in [1.54, 1.807) is 0 Å². The maximum absolute atomic E-state index is 9.63. The predicted molar refractivity (Wildman–Crippen MR) is 66.0 cm³/mol. The Bertz CT molecular complexity index is 292. The van der Waals surface area contributed by atoms with Crippen LogP contribution in [-0.2, 0) is 0 Å². The molecule has 92 valence electrons. The molecule has 0 heterocycles. The largest absolute Gasteiger partial charge is 0.396 e. The molecule has 3 rings (SSSR count). The van der Waals surface area contributed by atoms with Crippen molar-refractivity contribution in [3.05, 3.63) is 0 Å². The Labute approximate surface area is 99.6 Å². The molecule has 1 unspecified atom stereocenters. The quantitative estimate of drug-likeness (QED) is 0.720. The molecule has 0 aromatic rings. The van der Waals surface area contributed by atoms with E-state index < -0.39 is 0 Å². The molecule has 3 saturated carbocycles. The fraction of sp³-hybridized carbons (Fsp3) is 1.00. The van der Waals surface area contributed by atoms with Gasteiger partial charge in [0, 0.05) is 6.61 Å². The van der Waals surface area contributed by atoms with Crippen molar-refractivity contribution < 1.29 is 5.11 Å². The van der Waals surface area contributed by atoms with Crippen LogP contribution in [0.5, 0.6) is 0 Å². The molecule has 16 heavy (non-hydrogen) atoms. The van der Waals surface area contributed by atoms with Gasteiger partial charge in [-0.15, -0.1) is 0 Å². The van der Waals surface area contributed by atoms with Crippen molar-refractivity contribution in [2.24, 2.45) is 34.5 Å². The van der Waals surface area contributed by atoms with Gasteiger partial charge in [-0.2, -0.15) is 0 Å². The monoisotopic (exact) mass is 222 g/mol. The second-order valence-corrected chi connectivity index (χ2v) is 7.69. The topological polar surface area (TPSA) is 20.2 Å². The van der Waals surface area contributed by atoms with Crippen LogP contribution in [0.25, 0.3) is 0 Å². The lowest BCUT2D eigenvalue weighted by atomic mass is 9.67. The molecule has 1 heteroatoms. The lowest BCUT2D eigenvalue weighted by molar-refractivity contribution is 0.0609. The lowest BCUT2D eigenvalue weighted by Gasteiger charge is -2.38. The molecular weight excluding hydrogens is 196 g/mol. The van der Waals surface area contributed by atoms with Crippen LogP contribution in [0.4, 0.5) is 0 Å². The molecule has 0 aliphatic heterocycles. The van der Waals surface area contributed by atoms with E-state index >= 15 is 0 Å². The summed E-state index contributed by atoms with van der Waals surface area (Å²) in [5.74, 6) is 3.41. The number of aliphatic hydroxyl groups excluding tert-OH is 1. The van der Waals surface area contributed by atoms with Crippen molar-refractivity contribution in [1.82, 2.24) is 0 Å². The molecule has 0 saturated heterocycles. The summed E-state index contributed by atoms with van der Waals surface area (Å²) in [4.78, 5) is 0. The summed E-state index contributed by atoms with van der Waals surface area (Å²) in [5, 5.41) is 9.63. The predicted octanol–water partition coefficient (Wildman–Crippen LogP) is 3.47. The molecule has 0 bridgehead atoms. The zero-order chi connectivity index (χ0) is 11.6. The number of hydrogen-bond acceptors (Lipinski definition) is 1. The minimum atomic E-state index is 0.427. The summed E-state index contributed by atoms with van der Waals surface area (Å²) in [6.07, 6.45) is 6.96. The van der Waals surface area contributed by atoms with Gasteiger partial charge >= 0.3 is 0 Å². The highest BCUT2D eigenvalue weighted by atomic mass is 16.3. The van der Waals surface area contributed by atoms with Gasteiger partial charge in [-0.3, -0.25) is 0 Å². The third-order valence-electron chi connectivity index (χ3n) is 6.39. The standard InChI is InChI=1S/C15H26O/c1-14(2)7-10-6-11-4-5-12(9-16)15(11,3)13(10)8-14/h10-13,16H,4-9H2,1-3H3/t10-,11+,12?,13+,15-/m1/s1. The minimum Gasteiger partial charge on any atom is -0.396 e. The van der Waals surface area contributed by atoms with E-state index in [0.29, 0.717) is 23.4 Å².